The molecule has 136 valence electrons. The molecule has 5 nitrogen and oxygen atoms in total. The number of thioether (sulfide) groups is 1. The van der Waals surface area contributed by atoms with E-state index in [0.29, 0.717) is 17.9 Å². The highest BCUT2D eigenvalue weighted by atomic mass is 32.2. The molecule has 0 fully saturated rings. The Labute approximate surface area is 147 Å². The molecular formula is C16H17F3N2O3S. The Morgan fingerprint density at radius 1 is 1.44 bits per heavy atom. The molecule has 1 aliphatic heterocycles. The largest absolute Gasteiger partial charge is 0.416 e. The fourth-order valence-corrected chi connectivity index (χ4v) is 3.06. The number of hydrogen-bond acceptors (Lipinski definition) is 4. The highest BCUT2D eigenvalue weighted by molar-refractivity contribution is 8.04. The lowest BCUT2D eigenvalue weighted by atomic mass is 10.2. The molecular weight excluding hydrogens is 357 g/mol. The van der Waals surface area contributed by atoms with E-state index in [9.17, 15) is 22.8 Å². The molecule has 2 rings (SSSR count). The molecule has 0 unspecified atom stereocenters. The Hall–Kier alpha value is -2.00. The van der Waals surface area contributed by atoms with Gasteiger partial charge in [-0.1, -0.05) is 18.7 Å². The van der Waals surface area contributed by atoms with Gasteiger partial charge in [-0.25, -0.2) is 0 Å². The summed E-state index contributed by atoms with van der Waals surface area (Å²) in [6.45, 7) is 2.22. The van der Waals surface area contributed by atoms with Crippen molar-refractivity contribution in [3.05, 3.63) is 34.7 Å². The third-order valence-corrected chi connectivity index (χ3v) is 4.57. The van der Waals surface area contributed by atoms with Crippen LogP contribution >= 0.6 is 11.8 Å². The van der Waals surface area contributed by atoms with E-state index in [1.54, 1.807) is 0 Å². The maximum Gasteiger partial charge on any atom is 0.416 e. The summed E-state index contributed by atoms with van der Waals surface area (Å²) in [5, 5.41) is 5.09. The first kappa shape index (κ1) is 19.3. The van der Waals surface area contributed by atoms with Gasteiger partial charge in [-0.3, -0.25) is 9.59 Å². The van der Waals surface area contributed by atoms with Crippen molar-refractivity contribution in [2.24, 2.45) is 0 Å². The molecule has 0 saturated heterocycles. The van der Waals surface area contributed by atoms with E-state index in [2.05, 4.69) is 10.6 Å². The van der Waals surface area contributed by atoms with Crippen molar-refractivity contribution in [3.63, 3.8) is 0 Å². The van der Waals surface area contributed by atoms with Crippen molar-refractivity contribution in [3.8, 4) is 0 Å². The lowest BCUT2D eigenvalue weighted by Crippen LogP contribution is -2.37. The predicted octanol–water partition coefficient (Wildman–Crippen LogP) is 3.17. The average molecular weight is 374 g/mol. The van der Waals surface area contributed by atoms with Crippen LogP contribution in [0.15, 0.2) is 34.1 Å². The summed E-state index contributed by atoms with van der Waals surface area (Å²) in [6.07, 6.45) is -2.69. The summed E-state index contributed by atoms with van der Waals surface area (Å²) in [7, 11) is 1.52. The molecule has 9 heteroatoms. The van der Waals surface area contributed by atoms with Gasteiger partial charge in [0.25, 0.3) is 5.91 Å². The molecule has 1 aromatic rings. The van der Waals surface area contributed by atoms with Gasteiger partial charge in [-0.2, -0.15) is 13.2 Å². The zero-order chi connectivity index (χ0) is 18.6. The van der Waals surface area contributed by atoms with Crippen molar-refractivity contribution in [2.45, 2.75) is 30.5 Å². The summed E-state index contributed by atoms with van der Waals surface area (Å²) >= 11 is 0.950. The molecule has 25 heavy (non-hydrogen) atoms. The van der Waals surface area contributed by atoms with E-state index < -0.39 is 23.6 Å². The van der Waals surface area contributed by atoms with Crippen molar-refractivity contribution in [1.82, 2.24) is 5.32 Å². The number of hydrogen-bond donors (Lipinski definition) is 2. The molecule has 2 amide bonds. The highest BCUT2D eigenvalue weighted by Crippen LogP contribution is 2.41. The van der Waals surface area contributed by atoms with Crippen molar-refractivity contribution >= 4 is 29.3 Å². The predicted molar refractivity (Wildman–Crippen MR) is 88.1 cm³/mol. The van der Waals surface area contributed by atoms with E-state index in [-0.39, 0.29) is 16.6 Å². The van der Waals surface area contributed by atoms with E-state index in [1.807, 2.05) is 6.92 Å². The van der Waals surface area contributed by atoms with Crippen molar-refractivity contribution in [2.75, 3.05) is 19.0 Å². The van der Waals surface area contributed by atoms with E-state index >= 15 is 0 Å². The number of carbonyl (C=O) groups excluding carboxylic acids is 2. The number of carbonyl (C=O) groups is 2. The first-order valence-electron chi connectivity index (χ1n) is 7.46. The normalized spacial score (nSPS) is 17.0. The summed E-state index contributed by atoms with van der Waals surface area (Å²) in [4.78, 5) is 24.6. The zero-order valence-corrected chi connectivity index (χ0v) is 14.4. The third-order valence-electron chi connectivity index (χ3n) is 3.47. The molecule has 2 N–H and O–H groups in total. The van der Waals surface area contributed by atoms with Gasteiger partial charge in [0, 0.05) is 18.1 Å². The Bertz CT molecular complexity index is 704. The van der Waals surface area contributed by atoms with Gasteiger partial charge in [0.2, 0.25) is 5.91 Å². The minimum atomic E-state index is -4.49. The molecule has 0 saturated carbocycles. The van der Waals surface area contributed by atoms with Gasteiger partial charge in [0.05, 0.1) is 28.8 Å². The number of benzene rings is 1. The van der Waals surface area contributed by atoms with Crippen LogP contribution in [0.4, 0.5) is 18.9 Å². The topological polar surface area (TPSA) is 67.4 Å². The van der Waals surface area contributed by atoms with Gasteiger partial charge < -0.3 is 15.4 Å². The van der Waals surface area contributed by atoms with Crippen LogP contribution in [0.1, 0.15) is 18.9 Å². The zero-order valence-electron chi connectivity index (χ0n) is 13.6. The number of ether oxygens (including phenoxy) is 1. The molecule has 0 spiro atoms. The quantitative estimate of drug-likeness (QED) is 0.777. The van der Waals surface area contributed by atoms with Gasteiger partial charge in [0.1, 0.15) is 0 Å². The molecule has 0 aliphatic carbocycles. The van der Waals surface area contributed by atoms with Gasteiger partial charge in [-0.05, 0) is 24.6 Å². The fraction of sp³-hybridized carbons (Fsp3) is 0.375. The van der Waals surface area contributed by atoms with Crippen LogP contribution in [-0.4, -0.2) is 31.6 Å². The monoisotopic (exact) mass is 374 g/mol. The number of alkyl halides is 3. The molecule has 0 aromatic heterocycles. The van der Waals surface area contributed by atoms with E-state index in [1.165, 1.54) is 13.2 Å². The summed E-state index contributed by atoms with van der Waals surface area (Å²) < 4.78 is 43.2. The number of fused-ring (bicyclic) bond motifs is 1. The number of halogens is 3. The molecule has 1 aromatic carbocycles. The molecule has 0 bridgehead atoms. The van der Waals surface area contributed by atoms with Crippen LogP contribution in [0, 0.1) is 0 Å². The second-order valence-electron chi connectivity index (χ2n) is 5.34. The van der Waals surface area contributed by atoms with Gasteiger partial charge >= 0.3 is 6.18 Å². The number of anilines is 1. The van der Waals surface area contributed by atoms with Gasteiger partial charge in [-0.15, -0.1) is 0 Å². The summed E-state index contributed by atoms with van der Waals surface area (Å²) in [5.74, 6) is -1.08. The Balaban J connectivity index is 2.16. The second-order valence-corrected chi connectivity index (χ2v) is 6.43. The lowest BCUT2D eigenvalue weighted by Gasteiger charge is -2.20. The van der Waals surface area contributed by atoms with Crippen molar-refractivity contribution < 1.29 is 27.5 Å². The average Bonchev–Trinajstić information content (AvgIpc) is 2.53. The van der Waals surface area contributed by atoms with E-state index in [4.69, 9.17) is 4.74 Å². The van der Waals surface area contributed by atoms with Crippen LogP contribution in [0.2, 0.25) is 0 Å². The number of amides is 2. The summed E-state index contributed by atoms with van der Waals surface area (Å²) in [6, 6.07) is 2.90. The minimum Gasteiger partial charge on any atom is -0.383 e. The molecule has 1 heterocycles. The maximum absolute atomic E-state index is 12.7. The smallest absolute Gasteiger partial charge is 0.383 e. The van der Waals surface area contributed by atoms with E-state index in [0.717, 1.165) is 30.0 Å². The molecule has 0 radical (unpaired) electrons. The standard InChI is InChI=1S/C16H17F3N2O3S/c1-3-10(8-24-2)20-14(22)7-13-15(23)21-11-6-9(16(17,18)19)4-5-12(11)25-13/h4-7,10H,3,8H2,1-2H3,(H,20,22)(H,21,23)/b13-7-/t10-/m1/s1. The Morgan fingerprint density at radius 2 is 2.16 bits per heavy atom. The number of rotatable bonds is 5. The maximum atomic E-state index is 12.7. The second kappa shape index (κ2) is 7.92. The van der Waals surface area contributed by atoms with Crippen LogP contribution in [0.3, 0.4) is 0 Å². The SMILES string of the molecule is CC[C@H](COC)NC(=O)/C=C1\Sc2ccc(C(F)(F)F)cc2NC1=O. The Kier molecular flexibility index (Phi) is 6.12. The first-order chi connectivity index (χ1) is 11.7. The molecule has 1 aliphatic rings. The van der Waals surface area contributed by atoms with Crippen LogP contribution in [-0.2, 0) is 20.5 Å². The fourth-order valence-electron chi connectivity index (χ4n) is 2.16. The number of methoxy groups -OCH3 is 1. The van der Waals surface area contributed by atoms with Crippen LogP contribution in [0.25, 0.3) is 0 Å². The lowest BCUT2D eigenvalue weighted by molar-refractivity contribution is -0.137. The number of nitrogens with one attached hydrogen (secondary N) is 2. The first-order valence-corrected chi connectivity index (χ1v) is 8.27. The van der Waals surface area contributed by atoms with Crippen LogP contribution < -0.4 is 10.6 Å². The highest BCUT2D eigenvalue weighted by Gasteiger charge is 2.32. The Morgan fingerprint density at radius 3 is 2.76 bits per heavy atom. The van der Waals surface area contributed by atoms with Gasteiger partial charge in [0.15, 0.2) is 0 Å². The molecule has 1 atom stereocenters. The minimum absolute atomic E-state index is 0.0770. The van der Waals surface area contributed by atoms with Crippen molar-refractivity contribution in [1.29, 1.82) is 0 Å². The van der Waals surface area contributed by atoms with Crippen LogP contribution in [0.5, 0.6) is 0 Å². The summed E-state index contributed by atoms with van der Waals surface area (Å²) in [5.41, 5.74) is -0.768. The third kappa shape index (κ3) is 4.99.